The van der Waals surface area contributed by atoms with Crippen molar-refractivity contribution >= 4 is 5.97 Å². The van der Waals surface area contributed by atoms with E-state index in [-0.39, 0.29) is 6.42 Å². The van der Waals surface area contributed by atoms with Crippen LogP contribution >= 0.6 is 0 Å². The van der Waals surface area contributed by atoms with Crippen molar-refractivity contribution in [3.8, 4) is 0 Å². The van der Waals surface area contributed by atoms with Crippen LogP contribution in [0.3, 0.4) is 0 Å². The molecule has 0 fully saturated rings. The fraction of sp³-hybridized carbons (Fsp3) is 0.333. The molecule has 2 N–H and O–H groups in total. The minimum absolute atomic E-state index is 0.0593. The molecule has 1 atom stereocenters. The van der Waals surface area contributed by atoms with E-state index in [4.69, 9.17) is 5.73 Å². The zero-order valence-electron chi connectivity index (χ0n) is 7.74. The summed E-state index contributed by atoms with van der Waals surface area (Å²) in [6, 6.07) is 2.19. The Morgan fingerprint density at radius 1 is 1.71 bits per heavy atom. The number of esters is 1. The molecule has 0 bridgehead atoms. The third-order valence-electron chi connectivity index (χ3n) is 1.79. The average Bonchev–Trinajstić information content (AvgIpc) is 2.18. The fourth-order valence-corrected chi connectivity index (χ4v) is 0.987. The highest BCUT2D eigenvalue weighted by Gasteiger charge is 2.11. The molecule has 0 saturated heterocycles. The van der Waals surface area contributed by atoms with E-state index in [1.54, 1.807) is 0 Å². The largest absolute Gasteiger partial charge is 0.469 e. The predicted molar refractivity (Wildman–Crippen MR) is 47.8 cm³/mol. The second kappa shape index (κ2) is 4.66. The summed E-state index contributed by atoms with van der Waals surface area (Å²) < 4.78 is 16.9. The Kier molecular flexibility index (Phi) is 3.53. The SMILES string of the molecule is COC(=O)CC(N)c1ccc(F)nc1. The Morgan fingerprint density at radius 3 is 2.93 bits per heavy atom. The zero-order chi connectivity index (χ0) is 10.6. The highest BCUT2D eigenvalue weighted by Crippen LogP contribution is 2.13. The van der Waals surface area contributed by atoms with Crippen LogP contribution in [0.4, 0.5) is 4.39 Å². The summed E-state index contributed by atoms with van der Waals surface area (Å²) in [5, 5.41) is 0. The van der Waals surface area contributed by atoms with Gasteiger partial charge >= 0.3 is 5.97 Å². The second-order valence-corrected chi connectivity index (χ2v) is 2.80. The molecule has 0 aliphatic rings. The second-order valence-electron chi connectivity index (χ2n) is 2.80. The summed E-state index contributed by atoms with van der Waals surface area (Å²) in [6.45, 7) is 0. The maximum Gasteiger partial charge on any atom is 0.307 e. The summed E-state index contributed by atoms with van der Waals surface area (Å²) in [5.41, 5.74) is 6.27. The first-order valence-corrected chi connectivity index (χ1v) is 4.07. The number of hydrogen-bond donors (Lipinski definition) is 1. The van der Waals surface area contributed by atoms with E-state index < -0.39 is 18.0 Å². The van der Waals surface area contributed by atoms with Gasteiger partial charge in [0.25, 0.3) is 0 Å². The van der Waals surface area contributed by atoms with Crippen molar-refractivity contribution < 1.29 is 13.9 Å². The topological polar surface area (TPSA) is 65.2 Å². The molecule has 1 unspecified atom stereocenters. The van der Waals surface area contributed by atoms with Crippen LogP contribution in [0.15, 0.2) is 18.3 Å². The van der Waals surface area contributed by atoms with E-state index in [1.807, 2.05) is 0 Å². The van der Waals surface area contributed by atoms with E-state index in [2.05, 4.69) is 9.72 Å². The third kappa shape index (κ3) is 2.77. The van der Waals surface area contributed by atoms with Gasteiger partial charge < -0.3 is 10.5 Å². The quantitative estimate of drug-likeness (QED) is 0.576. The van der Waals surface area contributed by atoms with E-state index in [0.29, 0.717) is 5.56 Å². The number of halogens is 1. The minimum atomic E-state index is -0.570. The first-order chi connectivity index (χ1) is 6.63. The number of methoxy groups -OCH3 is 1. The summed E-state index contributed by atoms with van der Waals surface area (Å²) in [7, 11) is 1.29. The standard InChI is InChI=1S/C9H11FN2O2/c1-14-9(13)4-7(11)6-2-3-8(10)12-5-6/h2-3,5,7H,4,11H2,1H3. The maximum absolute atomic E-state index is 12.4. The number of nitrogens with two attached hydrogens (primary N) is 1. The molecule has 4 nitrogen and oxygen atoms in total. The van der Waals surface area contributed by atoms with Gasteiger partial charge in [0.15, 0.2) is 0 Å². The summed E-state index contributed by atoms with van der Waals surface area (Å²) in [6.07, 6.45) is 1.37. The van der Waals surface area contributed by atoms with Gasteiger partial charge in [0.1, 0.15) is 0 Å². The van der Waals surface area contributed by atoms with Gasteiger partial charge in [-0.15, -0.1) is 0 Å². The van der Waals surface area contributed by atoms with Crippen LogP contribution in [0.1, 0.15) is 18.0 Å². The van der Waals surface area contributed by atoms with Gasteiger partial charge in [-0.05, 0) is 11.6 Å². The number of ether oxygens (including phenoxy) is 1. The van der Waals surface area contributed by atoms with Crippen molar-refractivity contribution in [1.29, 1.82) is 0 Å². The molecule has 1 aromatic rings. The van der Waals surface area contributed by atoms with Crippen molar-refractivity contribution in [2.45, 2.75) is 12.5 Å². The van der Waals surface area contributed by atoms with Gasteiger partial charge in [-0.25, -0.2) is 4.98 Å². The lowest BCUT2D eigenvalue weighted by Gasteiger charge is -2.09. The van der Waals surface area contributed by atoms with Crippen LogP contribution < -0.4 is 5.73 Å². The van der Waals surface area contributed by atoms with Crippen LogP contribution in [0.2, 0.25) is 0 Å². The highest BCUT2D eigenvalue weighted by atomic mass is 19.1. The van der Waals surface area contributed by atoms with Gasteiger partial charge in [0.05, 0.1) is 13.5 Å². The first-order valence-electron chi connectivity index (χ1n) is 4.07. The summed E-state index contributed by atoms with van der Waals surface area (Å²) in [4.78, 5) is 14.3. The van der Waals surface area contributed by atoms with Crippen LogP contribution in [0.25, 0.3) is 0 Å². The molecule has 14 heavy (non-hydrogen) atoms. The Morgan fingerprint density at radius 2 is 2.43 bits per heavy atom. The molecule has 1 heterocycles. The fourth-order valence-electron chi connectivity index (χ4n) is 0.987. The molecule has 1 aromatic heterocycles. The predicted octanol–water partition coefficient (Wildman–Crippen LogP) is 0.784. The average molecular weight is 198 g/mol. The molecule has 5 heteroatoms. The molecule has 1 rings (SSSR count). The molecule has 0 aliphatic carbocycles. The Balaban J connectivity index is 2.65. The third-order valence-corrected chi connectivity index (χ3v) is 1.79. The van der Waals surface area contributed by atoms with E-state index >= 15 is 0 Å². The van der Waals surface area contributed by atoms with Crippen molar-refractivity contribution in [2.75, 3.05) is 7.11 Å². The number of nitrogens with zero attached hydrogens (tertiary/aromatic N) is 1. The smallest absolute Gasteiger partial charge is 0.307 e. The summed E-state index contributed by atoms with van der Waals surface area (Å²) >= 11 is 0. The van der Waals surface area contributed by atoms with Crippen molar-refractivity contribution in [2.24, 2.45) is 5.73 Å². The van der Waals surface area contributed by atoms with Crippen molar-refractivity contribution in [3.63, 3.8) is 0 Å². The maximum atomic E-state index is 12.4. The molecule has 0 aliphatic heterocycles. The van der Waals surface area contributed by atoms with E-state index in [0.717, 1.165) is 0 Å². The molecular weight excluding hydrogens is 187 g/mol. The van der Waals surface area contributed by atoms with Gasteiger partial charge in [-0.3, -0.25) is 4.79 Å². The highest BCUT2D eigenvalue weighted by molar-refractivity contribution is 5.70. The van der Waals surface area contributed by atoms with Crippen molar-refractivity contribution in [1.82, 2.24) is 4.98 Å². The minimum Gasteiger partial charge on any atom is -0.469 e. The van der Waals surface area contributed by atoms with Crippen LogP contribution in [-0.4, -0.2) is 18.1 Å². The lowest BCUT2D eigenvalue weighted by molar-refractivity contribution is -0.141. The van der Waals surface area contributed by atoms with Gasteiger partial charge in [-0.2, -0.15) is 4.39 Å². The number of pyridine rings is 1. The zero-order valence-corrected chi connectivity index (χ0v) is 7.74. The Hall–Kier alpha value is -1.49. The lowest BCUT2D eigenvalue weighted by atomic mass is 10.1. The Bertz CT molecular complexity index is 313. The molecular formula is C9H11FN2O2. The van der Waals surface area contributed by atoms with Gasteiger partial charge in [0.2, 0.25) is 5.95 Å². The molecule has 0 spiro atoms. The first kappa shape index (κ1) is 10.6. The van der Waals surface area contributed by atoms with Gasteiger partial charge in [0, 0.05) is 12.2 Å². The van der Waals surface area contributed by atoms with Crippen LogP contribution in [0.5, 0.6) is 0 Å². The number of carbonyl (C=O) groups excluding carboxylic acids is 1. The number of rotatable bonds is 3. The molecule has 0 saturated carbocycles. The van der Waals surface area contributed by atoms with Crippen LogP contribution in [0, 0.1) is 5.95 Å². The number of hydrogen-bond acceptors (Lipinski definition) is 4. The van der Waals surface area contributed by atoms with Gasteiger partial charge in [-0.1, -0.05) is 6.07 Å². The monoisotopic (exact) mass is 198 g/mol. The van der Waals surface area contributed by atoms with E-state index in [1.165, 1.54) is 25.4 Å². The van der Waals surface area contributed by atoms with E-state index in [9.17, 15) is 9.18 Å². The summed E-state index contributed by atoms with van der Waals surface area (Å²) in [5.74, 6) is -0.971. The molecule has 0 radical (unpaired) electrons. The lowest BCUT2D eigenvalue weighted by Crippen LogP contribution is -2.16. The number of carbonyl (C=O) groups is 1. The van der Waals surface area contributed by atoms with Crippen molar-refractivity contribution in [3.05, 3.63) is 29.8 Å². The van der Waals surface area contributed by atoms with Crippen LogP contribution in [-0.2, 0) is 9.53 Å². The normalized spacial score (nSPS) is 12.2. The molecule has 0 aromatic carbocycles. The molecule has 0 amide bonds. The molecule has 76 valence electrons. The number of aromatic nitrogens is 1. The Labute approximate surface area is 80.9 Å².